The monoisotopic (exact) mass is 344 g/mol. The Labute approximate surface area is 151 Å². The maximum absolute atomic E-state index is 12.4. The molecule has 0 atom stereocenters. The topological polar surface area (TPSA) is 74.6 Å². The van der Waals surface area contributed by atoms with Gasteiger partial charge in [-0.3, -0.25) is 9.59 Å². The Morgan fingerprint density at radius 1 is 0.846 bits per heavy atom. The molecule has 0 heterocycles. The van der Waals surface area contributed by atoms with Gasteiger partial charge in [0.05, 0.1) is 6.42 Å². The molecule has 0 saturated carbocycles. The fourth-order valence-electron chi connectivity index (χ4n) is 2.76. The summed E-state index contributed by atoms with van der Waals surface area (Å²) >= 11 is 0. The lowest BCUT2D eigenvalue weighted by Gasteiger charge is -2.05. The van der Waals surface area contributed by atoms with Crippen LogP contribution in [0.1, 0.15) is 16.8 Å². The third kappa shape index (κ3) is 4.33. The molecule has 128 valence electrons. The third-order valence-electron chi connectivity index (χ3n) is 4.04. The molecule has 0 saturated heterocycles. The highest BCUT2D eigenvalue weighted by Crippen LogP contribution is 2.24. The Balaban J connectivity index is 1.78. The van der Waals surface area contributed by atoms with Crippen LogP contribution in [0.4, 0.5) is 0 Å². The Kier molecular flexibility index (Phi) is 5.41. The first-order valence-electron chi connectivity index (χ1n) is 8.22. The molecule has 5 heteroatoms. The number of carbonyl (C=O) groups excluding carboxylic acids is 2. The quantitative estimate of drug-likeness (QED) is 0.180. The Bertz CT molecular complexity index is 1030. The predicted molar refractivity (Wildman–Crippen MR) is 104 cm³/mol. The number of benzene rings is 3. The second-order valence-corrected chi connectivity index (χ2v) is 5.99. The van der Waals surface area contributed by atoms with E-state index in [4.69, 9.17) is 10.0 Å². The molecular weight excluding hydrogens is 327 g/mol. The molecule has 3 aromatic rings. The molecule has 0 aliphatic rings. The van der Waals surface area contributed by atoms with Gasteiger partial charge in [-0.05, 0) is 45.8 Å². The molecule has 0 aliphatic heterocycles. The van der Waals surface area contributed by atoms with Crippen molar-refractivity contribution in [2.24, 2.45) is 0 Å². The van der Waals surface area contributed by atoms with Crippen molar-refractivity contribution in [1.29, 1.82) is 0 Å². The van der Waals surface area contributed by atoms with Crippen LogP contribution in [-0.4, -0.2) is 28.7 Å². The van der Waals surface area contributed by atoms with E-state index in [0.29, 0.717) is 5.56 Å². The first kappa shape index (κ1) is 17.8. The van der Waals surface area contributed by atoms with Crippen molar-refractivity contribution in [3.05, 3.63) is 84.4 Å². The van der Waals surface area contributed by atoms with Gasteiger partial charge in [0.2, 0.25) is 0 Å². The van der Waals surface area contributed by atoms with E-state index in [0.717, 1.165) is 27.5 Å². The van der Waals surface area contributed by atoms with E-state index in [1.54, 1.807) is 6.07 Å². The summed E-state index contributed by atoms with van der Waals surface area (Å²) in [6, 6.07) is 17.6. The van der Waals surface area contributed by atoms with Gasteiger partial charge in [0.25, 0.3) is 0 Å². The zero-order valence-corrected chi connectivity index (χ0v) is 14.0. The summed E-state index contributed by atoms with van der Waals surface area (Å²) < 4.78 is 0. The normalized spacial score (nSPS) is 11.6. The number of hydrogen-bond acceptors (Lipinski definition) is 4. The van der Waals surface area contributed by atoms with Crippen molar-refractivity contribution in [3.8, 4) is 0 Å². The smallest absolute Gasteiger partial charge is 0.424 e. The van der Waals surface area contributed by atoms with Crippen LogP contribution in [0.25, 0.3) is 21.5 Å². The zero-order chi connectivity index (χ0) is 18.5. The lowest BCUT2D eigenvalue weighted by molar-refractivity contribution is -0.113. The van der Waals surface area contributed by atoms with Gasteiger partial charge >= 0.3 is 7.12 Å². The molecule has 3 rings (SSSR count). The lowest BCUT2D eigenvalue weighted by Crippen LogP contribution is -2.06. The number of Topliss-reactive ketones (excluding diaryl/α,β-unsaturated/α-hetero) is 1. The van der Waals surface area contributed by atoms with E-state index < -0.39 is 7.12 Å². The fourth-order valence-corrected chi connectivity index (χ4v) is 2.76. The van der Waals surface area contributed by atoms with Crippen LogP contribution in [0, 0.1) is 0 Å². The van der Waals surface area contributed by atoms with E-state index in [9.17, 15) is 9.59 Å². The van der Waals surface area contributed by atoms with Gasteiger partial charge in [-0.1, -0.05) is 54.5 Å². The number of rotatable bonds is 6. The summed E-state index contributed by atoms with van der Waals surface area (Å²) in [6.07, 6.45) is 3.73. The van der Waals surface area contributed by atoms with Crippen LogP contribution in [-0.2, 0) is 4.79 Å². The van der Waals surface area contributed by atoms with E-state index >= 15 is 0 Å². The summed E-state index contributed by atoms with van der Waals surface area (Å²) in [4.78, 5) is 24.2. The average Bonchev–Trinajstić information content (AvgIpc) is 2.62. The second kappa shape index (κ2) is 7.91. The van der Waals surface area contributed by atoms with Gasteiger partial charge in [-0.15, -0.1) is 0 Å². The number of carbonyl (C=O) groups is 2. The largest absolute Gasteiger partial charge is 0.480 e. The van der Waals surface area contributed by atoms with Crippen molar-refractivity contribution in [3.63, 3.8) is 0 Å². The molecule has 26 heavy (non-hydrogen) atoms. The molecule has 2 N–H and O–H groups in total. The summed E-state index contributed by atoms with van der Waals surface area (Å²) in [5.74, 6) is 0.519. The molecule has 0 aromatic heterocycles. The molecule has 0 aliphatic carbocycles. The van der Waals surface area contributed by atoms with Crippen molar-refractivity contribution < 1.29 is 19.6 Å². The van der Waals surface area contributed by atoms with Gasteiger partial charge in [-0.2, -0.15) is 0 Å². The minimum Gasteiger partial charge on any atom is -0.424 e. The maximum atomic E-state index is 12.4. The van der Waals surface area contributed by atoms with Crippen molar-refractivity contribution >= 4 is 40.2 Å². The molecule has 0 unspecified atom stereocenters. The van der Waals surface area contributed by atoms with Crippen molar-refractivity contribution in [2.45, 2.75) is 6.42 Å². The SMILES string of the molecule is O=C(/C=C/C=C/B(O)O)CC(=O)c1ccc2cc3ccccc3cc2c1. The highest BCUT2D eigenvalue weighted by Gasteiger charge is 2.10. The van der Waals surface area contributed by atoms with E-state index in [1.807, 2.05) is 42.5 Å². The van der Waals surface area contributed by atoms with Gasteiger partial charge in [0, 0.05) is 5.56 Å². The number of fused-ring (bicyclic) bond motifs is 2. The highest BCUT2D eigenvalue weighted by molar-refractivity contribution is 6.47. The summed E-state index contributed by atoms with van der Waals surface area (Å²) in [5.41, 5.74) is 0.496. The lowest BCUT2D eigenvalue weighted by atomic mass is 9.92. The van der Waals surface area contributed by atoms with Crippen LogP contribution in [0.5, 0.6) is 0 Å². The standard InChI is InChI=1S/C21H17BO4/c23-20(7-3-4-10-22(25)26)14-21(24)18-9-8-17-11-15-5-1-2-6-16(15)12-19(17)13-18/h1-13,25-26H,14H2/b7-3+,10-4+. The van der Waals surface area contributed by atoms with Gasteiger partial charge in [0.15, 0.2) is 11.6 Å². The Hall–Kier alpha value is -3.02. The van der Waals surface area contributed by atoms with Crippen LogP contribution in [0.2, 0.25) is 0 Å². The Morgan fingerprint density at radius 2 is 1.50 bits per heavy atom. The summed E-state index contributed by atoms with van der Waals surface area (Å²) in [7, 11) is -1.56. The van der Waals surface area contributed by atoms with Crippen molar-refractivity contribution in [2.75, 3.05) is 0 Å². The molecule has 0 bridgehead atoms. The van der Waals surface area contributed by atoms with E-state index in [1.165, 1.54) is 18.2 Å². The molecule has 0 radical (unpaired) electrons. The van der Waals surface area contributed by atoms with Crippen LogP contribution >= 0.6 is 0 Å². The predicted octanol–water partition coefficient (Wildman–Crippen LogP) is 3.26. The minimum atomic E-state index is -1.56. The van der Waals surface area contributed by atoms with Crippen molar-refractivity contribution in [1.82, 2.24) is 0 Å². The van der Waals surface area contributed by atoms with Gasteiger partial charge < -0.3 is 10.0 Å². The zero-order valence-electron chi connectivity index (χ0n) is 14.0. The average molecular weight is 344 g/mol. The molecule has 3 aromatic carbocycles. The van der Waals surface area contributed by atoms with E-state index in [-0.39, 0.29) is 18.0 Å². The minimum absolute atomic E-state index is 0.231. The number of ketones is 2. The highest BCUT2D eigenvalue weighted by atomic mass is 16.4. The number of hydrogen-bond donors (Lipinski definition) is 2. The molecule has 0 amide bonds. The fraction of sp³-hybridized carbons (Fsp3) is 0.0476. The first-order valence-corrected chi connectivity index (χ1v) is 8.22. The molecule has 4 nitrogen and oxygen atoms in total. The Morgan fingerprint density at radius 3 is 2.19 bits per heavy atom. The molecule has 0 fully saturated rings. The van der Waals surface area contributed by atoms with Crippen LogP contribution in [0.3, 0.4) is 0 Å². The number of allylic oxidation sites excluding steroid dienone is 3. The van der Waals surface area contributed by atoms with E-state index in [2.05, 4.69) is 6.07 Å². The summed E-state index contributed by atoms with van der Waals surface area (Å²) in [6.45, 7) is 0. The molecule has 0 spiro atoms. The van der Waals surface area contributed by atoms with Crippen LogP contribution < -0.4 is 0 Å². The second-order valence-electron chi connectivity index (χ2n) is 5.99. The van der Waals surface area contributed by atoms with Gasteiger partial charge in [0.1, 0.15) is 0 Å². The first-order chi connectivity index (χ1) is 12.5. The third-order valence-corrected chi connectivity index (χ3v) is 4.04. The van der Waals surface area contributed by atoms with Crippen LogP contribution in [0.15, 0.2) is 78.8 Å². The van der Waals surface area contributed by atoms with Gasteiger partial charge in [-0.25, -0.2) is 0 Å². The maximum Gasteiger partial charge on any atom is 0.480 e. The molecular formula is C21H17BO4. The summed E-state index contributed by atoms with van der Waals surface area (Å²) in [5, 5.41) is 21.6.